The maximum Gasteiger partial charge on any atom is 0.337 e. The van der Waals surface area contributed by atoms with E-state index in [1.54, 1.807) is 18.2 Å². The summed E-state index contributed by atoms with van der Waals surface area (Å²) >= 11 is 6.43. The van der Waals surface area contributed by atoms with Crippen molar-refractivity contribution in [1.29, 1.82) is 0 Å². The molecule has 0 radical (unpaired) electrons. The molecule has 2 aromatic carbocycles. The first-order chi connectivity index (χ1) is 14.4. The number of carbonyl (C=O) groups excluding carboxylic acids is 1. The molecule has 0 saturated heterocycles. The smallest absolute Gasteiger partial charge is 0.337 e. The van der Waals surface area contributed by atoms with E-state index in [1.165, 1.54) is 13.2 Å². The largest absolute Gasteiger partial charge is 0.497 e. The minimum absolute atomic E-state index is 0.272. The van der Waals surface area contributed by atoms with Crippen molar-refractivity contribution in [2.45, 2.75) is 20.3 Å². The summed E-state index contributed by atoms with van der Waals surface area (Å²) in [4.78, 5) is 28.1. The minimum atomic E-state index is -0.587. The zero-order valence-corrected chi connectivity index (χ0v) is 17.6. The molecule has 0 aliphatic carbocycles. The average Bonchev–Trinajstić information content (AvgIpc) is 3.07. The van der Waals surface area contributed by atoms with Crippen LogP contribution in [0, 0.1) is 13.8 Å². The lowest BCUT2D eigenvalue weighted by Crippen LogP contribution is -2.27. The first-order valence-electron chi connectivity index (χ1n) is 9.55. The van der Waals surface area contributed by atoms with Crippen LogP contribution < -0.4 is 15.7 Å². The van der Waals surface area contributed by atoms with Gasteiger partial charge >= 0.3 is 5.63 Å². The second kappa shape index (κ2) is 7.88. The van der Waals surface area contributed by atoms with Gasteiger partial charge < -0.3 is 19.5 Å². The first kappa shape index (κ1) is 20.0. The minimum Gasteiger partial charge on any atom is -0.497 e. The lowest BCUT2D eigenvalue weighted by Gasteiger charge is -2.09. The van der Waals surface area contributed by atoms with Crippen LogP contribution in [0.15, 0.2) is 45.6 Å². The Morgan fingerprint density at radius 1 is 1.20 bits per heavy atom. The molecule has 0 aliphatic rings. The van der Waals surface area contributed by atoms with E-state index in [-0.39, 0.29) is 11.5 Å². The number of hydrogen-bond donors (Lipinski definition) is 2. The second-order valence-corrected chi connectivity index (χ2v) is 7.60. The van der Waals surface area contributed by atoms with Crippen LogP contribution >= 0.6 is 11.6 Å². The summed E-state index contributed by atoms with van der Waals surface area (Å²) in [5.41, 5.74) is 4.22. The molecule has 0 atom stereocenters. The van der Waals surface area contributed by atoms with Crippen molar-refractivity contribution in [3.8, 4) is 5.75 Å². The van der Waals surface area contributed by atoms with Gasteiger partial charge in [-0.05, 0) is 49.6 Å². The van der Waals surface area contributed by atoms with Gasteiger partial charge in [0.2, 0.25) is 0 Å². The number of aromatic amines is 1. The van der Waals surface area contributed by atoms with Gasteiger partial charge in [0, 0.05) is 35.1 Å². The number of amides is 1. The second-order valence-electron chi connectivity index (χ2n) is 7.19. The molecule has 0 bridgehead atoms. The van der Waals surface area contributed by atoms with Crippen molar-refractivity contribution in [2.75, 3.05) is 13.7 Å². The van der Waals surface area contributed by atoms with Crippen LogP contribution in [0.25, 0.3) is 21.9 Å². The summed E-state index contributed by atoms with van der Waals surface area (Å²) in [5, 5.41) is 5.12. The molecule has 2 aromatic heterocycles. The summed E-state index contributed by atoms with van der Waals surface area (Å²) in [6, 6.07) is 10.1. The van der Waals surface area contributed by atoms with Crippen molar-refractivity contribution in [1.82, 2.24) is 10.3 Å². The molecular formula is C23H21ClN2O4. The van der Waals surface area contributed by atoms with Crippen LogP contribution in [-0.2, 0) is 6.42 Å². The predicted octanol–water partition coefficient (Wildman–Crippen LogP) is 4.53. The lowest BCUT2D eigenvalue weighted by molar-refractivity contribution is 0.0955. The molecule has 0 saturated carbocycles. The SMILES string of the molecule is COc1ccc2c(C(=O)NCCc3c(C)[nH]c4c(C)ccc(Cl)c34)cc(=O)oc2c1. The van der Waals surface area contributed by atoms with Crippen molar-refractivity contribution in [3.63, 3.8) is 0 Å². The highest BCUT2D eigenvalue weighted by atomic mass is 35.5. The third-order valence-corrected chi connectivity index (χ3v) is 5.60. The molecule has 7 heteroatoms. The fourth-order valence-corrected chi connectivity index (χ4v) is 4.03. The molecule has 30 heavy (non-hydrogen) atoms. The van der Waals surface area contributed by atoms with Gasteiger partial charge in [-0.15, -0.1) is 0 Å². The Bertz CT molecular complexity index is 1340. The Labute approximate surface area is 177 Å². The summed E-state index contributed by atoms with van der Waals surface area (Å²) in [5.74, 6) is 0.211. The lowest BCUT2D eigenvalue weighted by atomic mass is 10.1. The number of ether oxygens (including phenoxy) is 1. The fraction of sp³-hybridized carbons (Fsp3) is 0.217. The van der Waals surface area contributed by atoms with E-state index in [0.717, 1.165) is 27.7 Å². The van der Waals surface area contributed by atoms with Crippen LogP contribution in [0.2, 0.25) is 5.02 Å². The molecule has 1 amide bonds. The van der Waals surface area contributed by atoms with Crippen molar-refractivity contribution in [3.05, 3.63) is 74.2 Å². The number of benzene rings is 2. The Hall–Kier alpha value is -3.25. The molecule has 4 aromatic rings. The Kier molecular flexibility index (Phi) is 5.26. The highest BCUT2D eigenvalue weighted by Crippen LogP contribution is 2.31. The zero-order chi connectivity index (χ0) is 21.4. The predicted molar refractivity (Wildman–Crippen MR) is 118 cm³/mol. The highest BCUT2D eigenvalue weighted by Gasteiger charge is 2.16. The van der Waals surface area contributed by atoms with Gasteiger partial charge in [-0.3, -0.25) is 4.79 Å². The number of H-pyrrole nitrogens is 1. The number of halogens is 1. The van der Waals surface area contributed by atoms with Crippen molar-refractivity contribution >= 4 is 39.4 Å². The van der Waals surface area contributed by atoms with Gasteiger partial charge in [-0.1, -0.05) is 17.7 Å². The van der Waals surface area contributed by atoms with E-state index < -0.39 is 5.63 Å². The average molecular weight is 425 g/mol. The summed E-state index contributed by atoms with van der Waals surface area (Å²) < 4.78 is 10.4. The zero-order valence-electron chi connectivity index (χ0n) is 16.9. The number of rotatable bonds is 5. The summed E-state index contributed by atoms with van der Waals surface area (Å²) in [7, 11) is 1.52. The third kappa shape index (κ3) is 3.55. The first-order valence-corrected chi connectivity index (χ1v) is 9.93. The number of methoxy groups -OCH3 is 1. The number of carbonyl (C=O) groups is 1. The van der Waals surface area contributed by atoms with E-state index >= 15 is 0 Å². The molecule has 2 N–H and O–H groups in total. The molecule has 2 heterocycles. The van der Waals surface area contributed by atoms with Gasteiger partial charge in [-0.2, -0.15) is 0 Å². The van der Waals surface area contributed by atoms with Crippen LogP contribution in [0.5, 0.6) is 5.75 Å². The summed E-state index contributed by atoms with van der Waals surface area (Å²) in [6.45, 7) is 4.42. The normalized spacial score (nSPS) is 11.2. The topological polar surface area (TPSA) is 84.3 Å². The highest BCUT2D eigenvalue weighted by molar-refractivity contribution is 6.35. The molecule has 0 unspecified atom stereocenters. The molecular weight excluding hydrogens is 404 g/mol. The molecule has 154 valence electrons. The van der Waals surface area contributed by atoms with Crippen molar-refractivity contribution < 1.29 is 13.9 Å². The monoisotopic (exact) mass is 424 g/mol. The van der Waals surface area contributed by atoms with Crippen LogP contribution in [-0.4, -0.2) is 24.5 Å². The maximum absolute atomic E-state index is 12.8. The van der Waals surface area contributed by atoms with Gasteiger partial charge in [-0.25, -0.2) is 4.79 Å². The van der Waals surface area contributed by atoms with E-state index in [4.69, 9.17) is 20.8 Å². The van der Waals surface area contributed by atoms with E-state index in [1.807, 2.05) is 26.0 Å². The Morgan fingerprint density at radius 3 is 2.77 bits per heavy atom. The number of aromatic nitrogens is 1. The standard InChI is InChI=1S/C23H21ClN2O4/c1-12-4-7-18(24)21-15(13(2)26-22(12)21)8-9-25-23(28)17-11-20(27)30-19-10-14(29-3)5-6-16(17)19/h4-7,10-11,26H,8-9H2,1-3H3,(H,25,28). The molecule has 0 aliphatic heterocycles. The fourth-order valence-electron chi connectivity index (χ4n) is 3.75. The number of fused-ring (bicyclic) bond motifs is 2. The summed E-state index contributed by atoms with van der Waals surface area (Å²) in [6.07, 6.45) is 0.605. The Balaban J connectivity index is 1.58. The van der Waals surface area contributed by atoms with E-state index in [0.29, 0.717) is 34.7 Å². The van der Waals surface area contributed by atoms with Crippen LogP contribution in [0.4, 0.5) is 0 Å². The van der Waals surface area contributed by atoms with E-state index in [9.17, 15) is 9.59 Å². The molecule has 4 rings (SSSR count). The van der Waals surface area contributed by atoms with Gasteiger partial charge in [0.05, 0.1) is 23.2 Å². The van der Waals surface area contributed by atoms with Gasteiger partial charge in [0.1, 0.15) is 11.3 Å². The van der Waals surface area contributed by atoms with Crippen LogP contribution in [0.3, 0.4) is 0 Å². The molecule has 6 nitrogen and oxygen atoms in total. The maximum atomic E-state index is 12.8. The van der Waals surface area contributed by atoms with Crippen LogP contribution in [0.1, 0.15) is 27.2 Å². The number of hydrogen-bond acceptors (Lipinski definition) is 4. The quantitative estimate of drug-likeness (QED) is 0.461. The third-order valence-electron chi connectivity index (χ3n) is 5.29. The van der Waals surface area contributed by atoms with Gasteiger partial charge in [0.25, 0.3) is 5.91 Å². The van der Waals surface area contributed by atoms with Crippen molar-refractivity contribution in [2.24, 2.45) is 0 Å². The molecule has 0 fully saturated rings. The number of aryl methyl sites for hydroxylation is 2. The molecule has 0 spiro atoms. The van der Waals surface area contributed by atoms with Gasteiger partial charge in [0.15, 0.2) is 0 Å². The Morgan fingerprint density at radius 2 is 2.00 bits per heavy atom. The van der Waals surface area contributed by atoms with E-state index in [2.05, 4.69) is 10.3 Å². The number of nitrogens with one attached hydrogen (secondary N) is 2.